The first-order chi connectivity index (χ1) is 13.1. The Balaban J connectivity index is 0.00000280. The molecule has 0 saturated carbocycles. The fraction of sp³-hybridized carbons (Fsp3) is 0.273. The Morgan fingerprint density at radius 1 is 1.07 bits per heavy atom. The van der Waals surface area contributed by atoms with E-state index in [0.29, 0.717) is 11.9 Å². The first-order valence-corrected chi connectivity index (χ1v) is 9.03. The van der Waals surface area contributed by atoms with Gasteiger partial charge in [-0.3, -0.25) is 4.79 Å². The highest BCUT2D eigenvalue weighted by atomic mass is 79.9. The first kappa shape index (κ1) is 21.9. The molecule has 0 aliphatic heterocycles. The summed E-state index contributed by atoms with van der Waals surface area (Å²) in [7, 11) is 5.71. The third-order valence-corrected chi connectivity index (χ3v) is 4.44. The van der Waals surface area contributed by atoms with Crippen LogP contribution in [0.3, 0.4) is 0 Å². The Hall–Kier alpha value is -2.44. The lowest BCUT2D eigenvalue weighted by molar-refractivity contribution is 0.378. The van der Waals surface area contributed by atoms with Crippen molar-refractivity contribution < 1.29 is 4.74 Å². The van der Waals surface area contributed by atoms with Gasteiger partial charge in [0.2, 0.25) is 0 Å². The molecule has 0 unspecified atom stereocenters. The second-order valence-corrected chi connectivity index (χ2v) is 6.78. The Morgan fingerprint density at radius 3 is 2.43 bits per heavy atom. The number of methoxy groups -OCH3 is 1. The van der Waals surface area contributed by atoms with E-state index in [-0.39, 0.29) is 22.5 Å². The molecule has 0 amide bonds. The third kappa shape index (κ3) is 5.53. The van der Waals surface area contributed by atoms with Crippen LogP contribution in [0.1, 0.15) is 17.5 Å². The van der Waals surface area contributed by atoms with E-state index in [0.717, 1.165) is 35.2 Å². The zero-order valence-electron chi connectivity index (χ0n) is 16.5. The molecule has 0 bridgehead atoms. The van der Waals surface area contributed by atoms with Crippen LogP contribution in [0, 0.1) is 0 Å². The average molecular weight is 444 g/mol. The fourth-order valence-electron chi connectivity index (χ4n) is 2.91. The van der Waals surface area contributed by atoms with Gasteiger partial charge < -0.3 is 9.64 Å². The number of ether oxygens (including phenoxy) is 1. The van der Waals surface area contributed by atoms with Gasteiger partial charge in [-0.05, 0) is 62.5 Å². The summed E-state index contributed by atoms with van der Waals surface area (Å²) in [6.45, 7) is 1.56. The number of hydrogen-bond acceptors (Lipinski definition) is 4. The van der Waals surface area contributed by atoms with Crippen LogP contribution < -0.4 is 10.3 Å². The van der Waals surface area contributed by atoms with Crippen molar-refractivity contribution in [3.63, 3.8) is 0 Å². The standard InChI is InChI=1S/C22H25N3O2.BrH/c1-24(2)13-4-14-25-22(26)21-12-9-18(15-19(21)16-23-25)6-5-17-7-10-20(27-3)11-8-17;/h5-12,15-16H,4,13-14H2,1-3H3;1H/b6-5+;. The molecular formula is C22H26BrN3O2. The minimum Gasteiger partial charge on any atom is -0.497 e. The molecule has 1 aromatic heterocycles. The summed E-state index contributed by atoms with van der Waals surface area (Å²) in [5.74, 6) is 0.839. The molecule has 0 radical (unpaired) electrons. The summed E-state index contributed by atoms with van der Waals surface area (Å²) in [6, 6.07) is 13.7. The maximum Gasteiger partial charge on any atom is 0.274 e. The van der Waals surface area contributed by atoms with Crippen LogP contribution >= 0.6 is 17.0 Å². The van der Waals surface area contributed by atoms with Crippen molar-refractivity contribution in [2.75, 3.05) is 27.7 Å². The SMILES string of the molecule is Br.COc1ccc(/C=C/c2ccc3c(=O)n(CCCN(C)C)ncc3c2)cc1. The van der Waals surface area contributed by atoms with E-state index in [1.54, 1.807) is 18.0 Å². The number of fused-ring (bicyclic) bond motifs is 1. The van der Waals surface area contributed by atoms with Crippen molar-refractivity contribution in [3.05, 3.63) is 70.1 Å². The molecule has 3 rings (SSSR count). The number of benzene rings is 2. The molecule has 5 nitrogen and oxygen atoms in total. The summed E-state index contributed by atoms with van der Waals surface area (Å²) in [5.41, 5.74) is 2.09. The minimum absolute atomic E-state index is 0. The van der Waals surface area contributed by atoms with Gasteiger partial charge in [0.25, 0.3) is 5.56 Å². The van der Waals surface area contributed by atoms with Gasteiger partial charge in [0.1, 0.15) is 5.75 Å². The summed E-state index contributed by atoms with van der Waals surface area (Å²) >= 11 is 0. The molecule has 28 heavy (non-hydrogen) atoms. The summed E-state index contributed by atoms with van der Waals surface area (Å²) < 4.78 is 6.73. The van der Waals surface area contributed by atoms with Gasteiger partial charge in [0.05, 0.1) is 18.7 Å². The molecule has 1 heterocycles. The van der Waals surface area contributed by atoms with Gasteiger partial charge in [-0.2, -0.15) is 5.10 Å². The van der Waals surface area contributed by atoms with E-state index in [1.807, 2.05) is 68.7 Å². The molecule has 2 aromatic carbocycles. The van der Waals surface area contributed by atoms with Gasteiger partial charge in [0.15, 0.2) is 0 Å². The molecular weight excluding hydrogens is 418 g/mol. The van der Waals surface area contributed by atoms with Crippen LogP contribution in [0.5, 0.6) is 5.75 Å². The number of rotatable bonds is 7. The van der Waals surface area contributed by atoms with Crippen molar-refractivity contribution in [1.82, 2.24) is 14.7 Å². The van der Waals surface area contributed by atoms with E-state index in [2.05, 4.69) is 10.00 Å². The fourth-order valence-corrected chi connectivity index (χ4v) is 2.91. The molecule has 0 saturated heterocycles. The zero-order chi connectivity index (χ0) is 19.2. The van der Waals surface area contributed by atoms with Gasteiger partial charge in [-0.15, -0.1) is 17.0 Å². The average Bonchev–Trinajstić information content (AvgIpc) is 2.68. The van der Waals surface area contributed by atoms with E-state index < -0.39 is 0 Å². The van der Waals surface area contributed by atoms with Gasteiger partial charge in [-0.1, -0.05) is 30.4 Å². The molecule has 148 valence electrons. The van der Waals surface area contributed by atoms with Crippen molar-refractivity contribution in [1.29, 1.82) is 0 Å². The van der Waals surface area contributed by atoms with Crippen molar-refractivity contribution in [2.24, 2.45) is 0 Å². The number of hydrogen-bond donors (Lipinski definition) is 0. The van der Waals surface area contributed by atoms with Crippen LogP contribution in [-0.2, 0) is 6.54 Å². The monoisotopic (exact) mass is 443 g/mol. The lowest BCUT2D eigenvalue weighted by Crippen LogP contribution is -2.25. The molecule has 0 fully saturated rings. The summed E-state index contributed by atoms with van der Waals surface area (Å²) in [4.78, 5) is 14.7. The van der Waals surface area contributed by atoms with Crippen molar-refractivity contribution >= 4 is 39.9 Å². The normalized spacial score (nSPS) is 11.1. The van der Waals surface area contributed by atoms with Crippen LogP contribution in [0.15, 0.2) is 53.5 Å². The topological polar surface area (TPSA) is 47.4 Å². The molecule has 0 spiro atoms. The minimum atomic E-state index is -0.0306. The smallest absolute Gasteiger partial charge is 0.274 e. The highest BCUT2D eigenvalue weighted by Gasteiger charge is 2.05. The third-order valence-electron chi connectivity index (χ3n) is 4.44. The largest absolute Gasteiger partial charge is 0.497 e. The summed E-state index contributed by atoms with van der Waals surface area (Å²) in [5, 5.41) is 5.90. The Kier molecular flexibility index (Phi) is 7.96. The quantitative estimate of drug-likeness (QED) is 0.515. The maximum absolute atomic E-state index is 12.6. The van der Waals surface area contributed by atoms with Crippen LogP contribution in [0.25, 0.3) is 22.9 Å². The van der Waals surface area contributed by atoms with Gasteiger partial charge in [-0.25, -0.2) is 4.68 Å². The predicted octanol–water partition coefficient (Wildman–Crippen LogP) is 4.11. The zero-order valence-corrected chi connectivity index (χ0v) is 18.2. The highest BCUT2D eigenvalue weighted by Crippen LogP contribution is 2.16. The lowest BCUT2D eigenvalue weighted by atomic mass is 10.1. The maximum atomic E-state index is 12.6. The van der Waals surface area contributed by atoms with Gasteiger partial charge in [0, 0.05) is 11.9 Å². The van der Waals surface area contributed by atoms with Crippen LogP contribution in [-0.4, -0.2) is 42.4 Å². The molecule has 0 aliphatic carbocycles. The van der Waals surface area contributed by atoms with E-state index in [9.17, 15) is 4.79 Å². The number of aromatic nitrogens is 2. The van der Waals surface area contributed by atoms with E-state index >= 15 is 0 Å². The van der Waals surface area contributed by atoms with Crippen molar-refractivity contribution in [3.8, 4) is 5.75 Å². The van der Waals surface area contributed by atoms with Gasteiger partial charge >= 0.3 is 0 Å². The number of nitrogens with zero attached hydrogens (tertiary/aromatic N) is 3. The predicted molar refractivity (Wildman–Crippen MR) is 121 cm³/mol. The second-order valence-electron chi connectivity index (χ2n) is 6.78. The number of halogens is 1. The van der Waals surface area contributed by atoms with E-state index in [4.69, 9.17) is 4.74 Å². The Bertz CT molecular complexity index is 995. The lowest BCUT2D eigenvalue weighted by Gasteiger charge is -2.10. The van der Waals surface area contributed by atoms with E-state index in [1.165, 1.54) is 0 Å². The summed E-state index contributed by atoms with van der Waals surface area (Å²) in [6.07, 6.45) is 6.74. The molecule has 0 N–H and O–H groups in total. The first-order valence-electron chi connectivity index (χ1n) is 9.03. The molecule has 0 aliphatic rings. The molecule has 0 atom stereocenters. The molecule has 3 aromatic rings. The molecule has 6 heteroatoms. The van der Waals surface area contributed by atoms with Crippen LogP contribution in [0.4, 0.5) is 0 Å². The van der Waals surface area contributed by atoms with Crippen molar-refractivity contribution in [2.45, 2.75) is 13.0 Å². The Labute approximate surface area is 176 Å². The highest BCUT2D eigenvalue weighted by molar-refractivity contribution is 8.93. The number of aryl methyl sites for hydroxylation is 1. The second kappa shape index (κ2) is 10.2. The Morgan fingerprint density at radius 2 is 1.75 bits per heavy atom. The van der Waals surface area contributed by atoms with Crippen LogP contribution in [0.2, 0.25) is 0 Å².